The first-order chi connectivity index (χ1) is 11.7. The summed E-state index contributed by atoms with van der Waals surface area (Å²) in [4.78, 5) is 0. The summed E-state index contributed by atoms with van der Waals surface area (Å²) in [7, 11) is 0.244. The lowest BCUT2D eigenvalue weighted by Crippen LogP contribution is -2.29. The van der Waals surface area contributed by atoms with E-state index in [2.05, 4.69) is 30.3 Å². The average molecular weight is 316 g/mol. The van der Waals surface area contributed by atoms with Crippen molar-refractivity contribution in [1.82, 2.24) is 0 Å². The Kier molecular flexibility index (Phi) is 3.64. The summed E-state index contributed by atoms with van der Waals surface area (Å²) in [6.07, 6.45) is 0.815. The van der Waals surface area contributed by atoms with E-state index in [-0.39, 0.29) is 0 Å². The van der Waals surface area contributed by atoms with Crippen LogP contribution in [-0.2, 0) is 6.42 Å². The van der Waals surface area contributed by atoms with Gasteiger partial charge in [0.05, 0.1) is 7.11 Å². The molecule has 3 nitrogen and oxygen atoms in total. The van der Waals surface area contributed by atoms with E-state index in [1.54, 1.807) is 13.2 Å². The zero-order valence-corrected chi connectivity index (χ0v) is 13.4. The second kappa shape index (κ2) is 5.82. The molecule has 0 unspecified atom stereocenters. The van der Waals surface area contributed by atoms with Crippen molar-refractivity contribution in [1.29, 1.82) is 0 Å². The highest BCUT2D eigenvalue weighted by atomic mass is 16.5. The van der Waals surface area contributed by atoms with Crippen LogP contribution in [0.1, 0.15) is 11.1 Å². The van der Waals surface area contributed by atoms with Crippen LogP contribution in [0.3, 0.4) is 0 Å². The number of fused-ring (bicyclic) bond motifs is 3. The number of ether oxygens (including phenoxy) is 1. The molecule has 0 fully saturated rings. The van der Waals surface area contributed by atoms with E-state index in [0.29, 0.717) is 5.46 Å². The van der Waals surface area contributed by atoms with Gasteiger partial charge in [0.25, 0.3) is 0 Å². The van der Waals surface area contributed by atoms with E-state index in [1.807, 2.05) is 24.3 Å². The summed E-state index contributed by atoms with van der Waals surface area (Å²) in [6.45, 7) is 0. The lowest BCUT2D eigenvalue weighted by atomic mass is 9.79. The predicted molar refractivity (Wildman–Crippen MR) is 96.5 cm³/mol. The van der Waals surface area contributed by atoms with E-state index in [0.717, 1.165) is 23.3 Å². The summed E-state index contributed by atoms with van der Waals surface area (Å²) in [5, 5.41) is 18.7. The quantitative estimate of drug-likeness (QED) is 0.571. The van der Waals surface area contributed by atoms with Crippen molar-refractivity contribution in [2.24, 2.45) is 0 Å². The largest absolute Gasteiger partial charge is 0.497 e. The Labute approximate surface area is 141 Å². The maximum absolute atomic E-state index is 9.35. The SMILES string of the molecule is COc1ccc(-c2ccc3c(c2)Cc2cc(B(O)O)ccc2-3)cc1. The van der Waals surface area contributed by atoms with Crippen LogP contribution in [0.2, 0.25) is 0 Å². The number of methoxy groups -OCH3 is 1. The second-order valence-electron chi connectivity index (χ2n) is 6.07. The zero-order chi connectivity index (χ0) is 16.7. The van der Waals surface area contributed by atoms with Crippen molar-refractivity contribution in [3.8, 4) is 28.0 Å². The molecule has 0 saturated heterocycles. The molecule has 24 heavy (non-hydrogen) atoms. The van der Waals surface area contributed by atoms with Crippen LogP contribution in [0.15, 0.2) is 60.7 Å². The Morgan fingerprint density at radius 1 is 0.792 bits per heavy atom. The van der Waals surface area contributed by atoms with E-state index >= 15 is 0 Å². The van der Waals surface area contributed by atoms with Crippen molar-refractivity contribution in [2.45, 2.75) is 6.42 Å². The van der Waals surface area contributed by atoms with Gasteiger partial charge in [-0.15, -0.1) is 0 Å². The molecule has 0 radical (unpaired) electrons. The summed E-state index contributed by atoms with van der Waals surface area (Å²) >= 11 is 0. The van der Waals surface area contributed by atoms with E-state index in [4.69, 9.17) is 4.74 Å². The fraction of sp³-hybridized carbons (Fsp3) is 0.100. The third-order valence-electron chi connectivity index (χ3n) is 4.63. The Bertz CT molecular complexity index is 901. The molecule has 0 aromatic heterocycles. The first-order valence-corrected chi connectivity index (χ1v) is 7.92. The molecule has 0 aliphatic heterocycles. The number of benzene rings is 3. The van der Waals surface area contributed by atoms with Gasteiger partial charge in [0.1, 0.15) is 5.75 Å². The molecule has 0 spiro atoms. The summed E-state index contributed by atoms with van der Waals surface area (Å²) in [5.41, 5.74) is 7.67. The first kappa shape index (κ1) is 15.0. The Morgan fingerprint density at radius 3 is 2.08 bits per heavy atom. The summed E-state index contributed by atoms with van der Waals surface area (Å²) in [6, 6.07) is 20.2. The maximum Gasteiger partial charge on any atom is 0.488 e. The van der Waals surface area contributed by atoms with Crippen LogP contribution < -0.4 is 10.2 Å². The van der Waals surface area contributed by atoms with Crippen LogP contribution in [0.5, 0.6) is 5.75 Å². The molecule has 3 aromatic carbocycles. The van der Waals surface area contributed by atoms with Gasteiger partial charge in [-0.25, -0.2) is 0 Å². The standard InChI is InChI=1S/C20H17BO3/c1-24-18-6-2-13(3-7-18)14-4-8-19-15(10-14)11-16-12-17(21(22)23)5-9-20(16)19/h2-10,12,22-23H,11H2,1H3. The topological polar surface area (TPSA) is 49.7 Å². The number of rotatable bonds is 3. The molecule has 4 rings (SSSR count). The molecular formula is C20H17BO3. The van der Waals surface area contributed by atoms with Gasteiger partial charge in [0.2, 0.25) is 0 Å². The molecule has 1 aliphatic rings. The minimum absolute atomic E-state index is 0.539. The Morgan fingerprint density at radius 2 is 1.42 bits per heavy atom. The molecule has 4 heteroatoms. The molecule has 2 N–H and O–H groups in total. The third kappa shape index (κ3) is 2.50. The first-order valence-electron chi connectivity index (χ1n) is 7.92. The molecular weight excluding hydrogens is 299 g/mol. The smallest absolute Gasteiger partial charge is 0.488 e. The fourth-order valence-corrected chi connectivity index (χ4v) is 3.35. The highest BCUT2D eigenvalue weighted by Gasteiger charge is 2.21. The Balaban J connectivity index is 1.70. The van der Waals surface area contributed by atoms with Crippen LogP contribution in [0, 0.1) is 0 Å². The molecule has 0 saturated carbocycles. The van der Waals surface area contributed by atoms with Gasteiger partial charge in [0.15, 0.2) is 0 Å². The van der Waals surface area contributed by atoms with E-state index < -0.39 is 7.12 Å². The minimum Gasteiger partial charge on any atom is -0.497 e. The van der Waals surface area contributed by atoms with Crippen molar-refractivity contribution >= 4 is 12.6 Å². The second-order valence-corrected chi connectivity index (χ2v) is 6.07. The van der Waals surface area contributed by atoms with Crippen molar-refractivity contribution < 1.29 is 14.8 Å². The average Bonchev–Trinajstić information content (AvgIpc) is 2.98. The molecule has 1 aliphatic carbocycles. The maximum atomic E-state index is 9.35. The monoisotopic (exact) mass is 316 g/mol. The van der Waals surface area contributed by atoms with Gasteiger partial charge in [-0.1, -0.05) is 48.5 Å². The Hall–Kier alpha value is -2.56. The van der Waals surface area contributed by atoms with Crippen LogP contribution >= 0.6 is 0 Å². The van der Waals surface area contributed by atoms with Crippen molar-refractivity contribution in [3.63, 3.8) is 0 Å². The predicted octanol–water partition coefficient (Wildman–Crippen LogP) is 2.61. The normalized spacial score (nSPS) is 11.8. The van der Waals surface area contributed by atoms with Crippen LogP contribution in [-0.4, -0.2) is 24.3 Å². The highest BCUT2D eigenvalue weighted by molar-refractivity contribution is 6.58. The lowest BCUT2D eigenvalue weighted by molar-refractivity contribution is 0.415. The van der Waals surface area contributed by atoms with E-state index in [9.17, 15) is 10.0 Å². The lowest BCUT2D eigenvalue weighted by Gasteiger charge is -2.07. The molecule has 0 heterocycles. The van der Waals surface area contributed by atoms with Gasteiger partial charge in [0, 0.05) is 0 Å². The summed E-state index contributed by atoms with van der Waals surface area (Å²) in [5.74, 6) is 0.849. The number of hydrogen-bond donors (Lipinski definition) is 2. The van der Waals surface area contributed by atoms with Gasteiger partial charge >= 0.3 is 7.12 Å². The fourth-order valence-electron chi connectivity index (χ4n) is 3.35. The van der Waals surface area contributed by atoms with Gasteiger partial charge in [-0.3, -0.25) is 0 Å². The molecule has 0 amide bonds. The molecule has 0 bridgehead atoms. The van der Waals surface area contributed by atoms with Crippen molar-refractivity contribution in [3.05, 3.63) is 71.8 Å². The molecule has 118 valence electrons. The highest BCUT2D eigenvalue weighted by Crippen LogP contribution is 2.38. The minimum atomic E-state index is -1.42. The summed E-state index contributed by atoms with van der Waals surface area (Å²) < 4.78 is 5.21. The van der Waals surface area contributed by atoms with Crippen LogP contribution in [0.25, 0.3) is 22.3 Å². The number of hydrogen-bond acceptors (Lipinski definition) is 3. The molecule has 3 aromatic rings. The zero-order valence-electron chi connectivity index (χ0n) is 13.4. The van der Waals surface area contributed by atoms with Gasteiger partial charge < -0.3 is 14.8 Å². The van der Waals surface area contributed by atoms with Gasteiger partial charge in [-0.2, -0.15) is 0 Å². The molecule has 0 atom stereocenters. The third-order valence-corrected chi connectivity index (χ3v) is 4.63. The van der Waals surface area contributed by atoms with Gasteiger partial charge in [-0.05, 0) is 57.4 Å². The van der Waals surface area contributed by atoms with Crippen LogP contribution in [0.4, 0.5) is 0 Å². The van der Waals surface area contributed by atoms with Crippen molar-refractivity contribution in [2.75, 3.05) is 7.11 Å². The van der Waals surface area contributed by atoms with E-state index in [1.165, 1.54) is 22.3 Å².